The maximum atomic E-state index is 12.4. The lowest BCUT2D eigenvalue weighted by Gasteiger charge is -2.21. The zero-order chi connectivity index (χ0) is 21.8. The van der Waals surface area contributed by atoms with Gasteiger partial charge in [0.2, 0.25) is 11.9 Å². The minimum atomic E-state index is -0.0156. The van der Waals surface area contributed by atoms with Crippen LogP contribution < -0.4 is 10.2 Å². The van der Waals surface area contributed by atoms with Gasteiger partial charge in [0, 0.05) is 42.2 Å². The van der Waals surface area contributed by atoms with Crippen LogP contribution in [0.4, 0.5) is 11.6 Å². The Kier molecular flexibility index (Phi) is 6.68. The first-order valence-electron chi connectivity index (χ1n) is 10.7. The van der Waals surface area contributed by atoms with Gasteiger partial charge in [-0.15, -0.1) is 0 Å². The molecule has 2 heterocycles. The quantitative estimate of drug-likeness (QED) is 0.644. The first kappa shape index (κ1) is 21.5. The van der Waals surface area contributed by atoms with Crippen LogP contribution >= 0.6 is 11.6 Å². The number of nitrogens with zero attached hydrogens (tertiary/aromatic N) is 4. The average molecular weight is 438 g/mol. The maximum Gasteiger partial charge on any atom is 0.226 e. The third kappa shape index (κ3) is 5.51. The van der Waals surface area contributed by atoms with Crippen molar-refractivity contribution in [1.82, 2.24) is 14.9 Å². The van der Waals surface area contributed by atoms with E-state index >= 15 is 0 Å². The predicted octanol–water partition coefficient (Wildman–Crippen LogP) is 4.30. The van der Waals surface area contributed by atoms with Crippen molar-refractivity contribution in [3.05, 3.63) is 58.7 Å². The summed E-state index contributed by atoms with van der Waals surface area (Å²) in [6.45, 7) is 6.02. The highest BCUT2D eigenvalue weighted by atomic mass is 35.5. The molecule has 3 aromatic rings. The largest absolute Gasteiger partial charge is 0.339 e. The third-order valence-electron chi connectivity index (χ3n) is 5.71. The third-order valence-corrected chi connectivity index (χ3v) is 5.97. The molecule has 162 valence electrons. The fraction of sp³-hybridized carbons (Fsp3) is 0.375. The van der Waals surface area contributed by atoms with Gasteiger partial charge < -0.3 is 15.1 Å². The highest BCUT2D eigenvalue weighted by Crippen LogP contribution is 2.23. The number of hydrogen-bond acceptors (Lipinski definition) is 5. The van der Waals surface area contributed by atoms with Gasteiger partial charge in [-0.25, -0.2) is 9.97 Å². The first-order valence-corrected chi connectivity index (χ1v) is 11.1. The van der Waals surface area contributed by atoms with E-state index in [1.807, 2.05) is 49.4 Å². The number of aromatic nitrogens is 2. The van der Waals surface area contributed by atoms with Crippen LogP contribution in [0.2, 0.25) is 5.02 Å². The van der Waals surface area contributed by atoms with Crippen molar-refractivity contribution in [2.75, 3.05) is 43.4 Å². The second kappa shape index (κ2) is 9.62. The Morgan fingerprint density at radius 1 is 1.06 bits per heavy atom. The molecule has 0 aliphatic carbocycles. The average Bonchev–Trinajstić information content (AvgIpc) is 2.98. The number of aryl methyl sites for hydroxylation is 2. The second-order valence-corrected chi connectivity index (χ2v) is 8.60. The SMILES string of the molecule is Cc1nc(N2CCCN(C)CC2)nc2ccc(NC(=O)CCc3ccc(Cl)cc3)cc12. The highest BCUT2D eigenvalue weighted by Gasteiger charge is 2.16. The van der Waals surface area contributed by atoms with Gasteiger partial charge >= 0.3 is 0 Å². The molecule has 1 amide bonds. The molecule has 1 aromatic heterocycles. The zero-order valence-electron chi connectivity index (χ0n) is 18.1. The zero-order valence-corrected chi connectivity index (χ0v) is 18.8. The van der Waals surface area contributed by atoms with Gasteiger partial charge in [-0.3, -0.25) is 4.79 Å². The van der Waals surface area contributed by atoms with Gasteiger partial charge in [0.15, 0.2) is 0 Å². The van der Waals surface area contributed by atoms with E-state index in [-0.39, 0.29) is 5.91 Å². The summed E-state index contributed by atoms with van der Waals surface area (Å²) in [7, 11) is 2.15. The number of likely N-dealkylation sites (N-methyl/N-ethyl adjacent to an activating group) is 1. The topological polar surface area (TPSA) is 61.4 Å². The van der Waals surface area contributed by atoms with E-state index < -0.39 is 0 Å². The standard InChI is InChI=1S/C24H28ClN5O/c1-17-21-16-20(27-23(31)11-6-18-4-7-19(25)8-5-18)9-10-22(21)28-24(26-17)30-13-3-12-29(2)14-15-30/h4-5,7-10,16H,3,6,11-15H2,1-2H3,(H,27,31). The summed E-state index contributed by atoms with van der Waals surface area (Å²) in [5.74, 6) is 0.776. The van der Waals surface area contributed by atoms with Gasteiger partial charge in [0.1, 0.15) is 0 Å². The van der Waals surface area contributed by atoms with Crippen LogP contribution in [0.25, 0.3) is 10.9 Å². The van der Waals surface area contributed by atoms with Crippen LogP contribution in [0, 0.1) is 6.92 Å². The molecule has 0 bridgehead atoms. The molecule has 1 saturated heterocycles. The number of amides is 1. The van der Waals surface area contributed by atoms with Gasteiger partial charge in [-0.05, 0) is 69.3 Å². The van der Waals surface area contributed by atoms with Gasteiger partial charge in [-0.1, -0.05) is 23.7 Å². The molecule has 1 aliphatic heterocycles. The molecule has 0 radical (unpaired) electrons. The van der Waals surface area contributed by atoms with Crippen molar-refractivity contribution >= 4 is 40.0 Å². The fourth-order valence-corrected chi connectivity index (χ4v) is 3.99. The lowest BCUT2D eigenvalue weighted by molar-refractivity contribution is -0.116. The van der Waals surface area contributed by atoms with Crippen molar-refractivity contribution in [3.63, 3.8) is 0 Å². The Hall–Kier alpha value is -2.70. The Morgan fingerprint density at radius 2 is 1.87 bits per heavy atom. The predicted molar refractivity (Wildman–Crippen MR) is 127 cm³/mol. The summed E-state index contributed by atoms with van der Waals surface area (Å²) in [4.78, 5) is 26.6. The van der Waals surface area contributed by atoms with E-state index in [2.05, 4.69) is 22.2 Å². The van der Waals surface area contributed by atoms with Crippen LogP contribution in [0.5, 0.6) is 0 Å². The highest BCUT2D eigenvalue weighted by molar-refractivity contribution is 6.30. The molecular weight excluding hydrogens is 410 g/mol. The minimum Gasteiger partial charge on any atom is -0.339 e. The molecule has 0 unspecified atom stereocenters. The molecule has 2 aromatic carbocycles. The maximum absolute atomic E-state index is 12.4. The van der Waals surface area contributed by atoms with E-state index in [9.17, 15) is 4.79 Å². The van der Waals surface area contributed by atoms with E-state index in [0.717, 1.165) is 66.4 Å². The number of halogens is 1. The van der Waals surface area contributed by atoms with E-state index in [1.54, 1.807) is 0 Å². The van der Waals surface area contributed by atoms with Crippen LogP contribution in [-0.4, -0.2) is 54.0 Å². The lowest BCUT2D eigenvalue weighted by Crippen LogP contribution is -2.30. The number of carbonyl (C=O) groups is 1. The monoisotopic (exact) mass is 437 g/mol. The lowest BCUT2D eigenvalue weighted by atomic mass is 10.1. The molecule has 7 heteroatoms. The normalized spacial score (nSPS) is 15.1. The molecule has 31 heavy (non-hydrogen) atoms. The molecule has 1 fully saturated rings. The second-order valence-electron chi connectivity index (χ2n) is 8.16. The van der Waals surface area contributed by atoms with Crippen LogP contribution in [-0.2, 0) is 11.2 Å². The molecule has 0 atom stereocenters. The number of carbonyl (C=O) groups excluding carboxylic acids is 1. The Labute approximate surface area is 188 Å². The Bertz CT molecular complexity index is 1070. The molecule has 6 nitrogen and oxygen atoms in total. The van der Waals surface area contributed by atoms with E-state index in [1.165, 1.54) is 0 Å². The van der Waals surface area contributed by atoms with Crippen molar-refractivity contribution in [2.45, 2.75) is 26.2 Å². The smallest absolute Gasteiger partial charge is 0.226 e. The van der Waals surface area contributed by atoms with Crippen LogP contribution in [0.15, 0.2) is 42.5 Å². The van der Waals surface area contributed by atoms with Crippen LogP contribution in [0.1, 0.15) is 24.1 Å². The number of benzene rings is 2. The number of fused-ring (bicyclic) bond motifs is 1. The molecule has 1 aliphatic rings. The van der Waals surface area contributed by atoms with Crippen molar-refractivity contribution in [2.24, 2.45) is 0 Å². The van der Waals surface area contributed by atoms with Crippen molar-refractivity contribution in [1.29, 1.82) is 0 Å². The fourth-order valence-electron chi connectivity index (χ4n) is 3.86. The summed E-state index contributed by atoms with van der Waals surface area (Å²) in [5, 5.41) is 4.66. The number of nitrogens with one attached hydrogen (secondary N) is 1. The summed E-state index contributed by atoms with van der Waals surface area (Å²) in [6.07, 6.45) is 2.20. The number of anilines is 2. The first-order chi connectivity index (χ1) is 15.0. The van der Waals surface area contributed by atoms with Gasteiger partial charge in [-0.2, -0.15) is 0 Å². The molecular formula is C24H28ClN5O. The minimum absolute atomic E-state index is 0.0156. The molecule has 4 rings (SSSR count). The Morgan fingerprint density at radius 3 is 2.68 bits per heavy atom. The Balaban J connectivity index is 1.44. The van der Waals surface area contributed by atoms with Gasteiger partial charge in [0.25, 0.3) is 0 Å². The summed E-state index contributed by atoms with van der Waals surface area (Å²) in [5.41, 5.74) is 3.69. The molecule has 0 saturated carbocycles. The van der Waals surface area contributed by atoms with Crippen molar-refractivity contribution in [3.8, 4) is 0 Å². The number of hydrogen-bond donors (Lipinski definition) is 1. The van der Waals surface area contributed by atoms with Crippen LogP contribution in [0.3, 0.4) is 0 Å². The summed E-state index contributed by atoms with van der Waals surface area (Å²) in [6, 6.07) is 13.4. The summed E-state index contributed by atoms with van der Waals surface area (Å²) < 4.78 is 0. The number of rotatable bonds is 5. The molecule has 1 N–H and O–H groups in total. The van der Waals surface area contributed by atoms with E-state index in [0.29, 0.717) is 17.9 Å². The van der Waals surface area contributed by atoms with E-state index in [4.69, 9.17) is 21.6 Å². The van der Waals surface area contributed by atoms with Crippen molar-refractivity contribution < 1.29 is 4.79 Å². The summed E-state index contributed by atoms with van der Waals surface area (Å²) >= 11 is 5.91. The molecule has 0 spiro atoms. The van der Waals surface area contributed by atoms with Gasteiger partial charge in [0.05, 0.1) is 11.2 Å².